The summed E-state index contributed by atoms with van der Waals surface area (Å²) in [5, 5.41) is 14.7. The number of aliphatic carboxylic acids is 1. The molecule has 1 heterocycles. The van der Waals surface area contributed by atoms with Crippen molar-refractivity contribution in [2.75, 3.05) is 26.7 Å². The van der Waals surface area contributed by atoms with Crippen LogP contribution < -0.4 is 5.32 Å². The first kappa shape index (κ1) is 58.9. The molecule has 0 aliphatic rings. The number of halogens is 3. The molecule has 62 heavy (non-hydrogen) atoms. The number of carboxylic acid groups (broad SMARTS) is 1. The van der Waals surface area contributed by atoms with Gasteiger partial charge in [0.25, 0.3) is 0 Å². The molecule has 1 atom stereocenters. The minimum atomic E-state index is -4.46. The zero-order valence-corrected chi connectivity index (χ0v) is 40.0. The van der Waals surface area contributed by atoms with Gasteiger partial charge >= 0.3 is 12.1 Å². The predicted molar refractivity (Wildman–Crippen MR) is 253 cm³/mol. The summed E-state index contributed by atoms with van der Waals surface area (Å²) in [5.74, 6) is 4.12. The first-order valence-electron chi connectivity index (χ1n) is 21.3. The van der Waals surface area contributed by atoms with Gasteiger partial charge in [0, 0.05) is 35.8 Å². The molecule has 1 unspecified atom stereocenters. The highest BCUT2D eigenvalue weighted by atomic mass is 32.1. The van der Waals surface area contributed by atoms with Crippen LogP contribution in [0.1, 0.15) is 125 Å². The number of allylic oxidation sites excluding steroid dienone is 12. The fraction of sp³-hybridized carbons (Fsp3) is 0.480. The van der Waals surface area contributed by atoms with E-state index < -0.39 is 30.2 Å². The van der Waals surface area contributed by atoms with E-state index in [9.17, 15) is 27.6 Å². The minimum Gasteiger partial charge on any atom is -0.482 e. The first-order valence-corrected chi connectivity index (χ1v) is 22.2. The van der Waals surface area contributed by atoms with Crippen molar-refractivity contribution in [1.29, 1.82) is 0 Å². The third kappa shape index (κ3) is 26.9. The Morgan fingerprint density at radius 1 is 1.02 bits per heavy atom. The van der Waals surface area contributed by atoms with E-state index in [0.29, 0.717) is 13.0 Å². The number of carboxylic acids is 1. The summed E-state index contributed by atoms with van der Waals surface area (Å²) in [6.07, 6.45) is 19.0. The summed E-state index contributed by atoms with van der Waals surface area (Å²) < 4.78 is 43.1. The number of aromatic nitrogens is 1. The van der Waals surface area contributed by atoms with Crippen LogP contribution in [0.25, 0.3) is 5.57 Å². The van der Waals surface area contributed by atoms with Gasteiger partial charge in [-0.15, -0.1) is 17.3 Å². The van der Waals surface area contributed by atoms with Crippen molar-refractivity contribution in [2.45, 2.75) is 127 Å². The van der Waals surface area contributed by atoms with Gasteiger partial charge in [-0.1, -0.05) is 127 Å². The van der Waals surface area contributed by atoms with Crippen LogP contribution in [-0.4, -0.2) is 65.7 Å². The highest BCUT2D eigenvalue weighted by molar-refractivity contribution is 7.10. The van der Waals surface area contributed by atoms with E-state index in [0.717, 1.165) is 58.0 Å². The van der Waals surface area contributed by atoms with Crippen molar-refractivity contribution >= 4 is 34.7 Å². The Kier molecular flexibility index (Phi) is 32.7. The summed E-state index contributed by atoms with van der Waals surface area (Å²) >= 11 is 1.65. The molecule has 0 aliphatic heterocycles. The number of alkyl halides is 3. The maximum absolute atomic E-state index is 12.8. The lowest BCUT2D eigenvalue weighted by Crippen LogP contribution is -2.32. The molecule has 2 amide bonds. The highest BCUT2D eigenvalue weighted by Crippen LogP contribution is 2.27. The Morgan fingerprint density at radius 3 is 2.19 bits per heavy atom. The molecule has 0 fully saturated rings. The summed E-state index contributed by atoms with van der Waals surface area (Å²) in [5.41, 5.74) is 5.17. The number of amides is 2. The Morgan fingerprint density at radius 2 is 1.68 bits per heavy atom. The number of aryl methyl sites for hydroxylation is 1. The van der Waals surface area contributed by atoms with Crippen LogP contribution in [0.5, 0.6) is 0 Å². The van der Waals surface area contributed by atoms with Crippen molar-refractivity contribution in [3.05, 3.63) is 117 Å². The van der Waals surface area contributed by atoms with Gasteiger partial charge < -0.3 is 20.1 Å². The quantitative estimate of drug-likeness (QED) is 0.0372. The van der Waals surface area contributed by atoms with Crippen molar-refractivity contribution in [2.24, 2.45) is 5.92 Å². The molecule has 0 aliphatic carbocycles. The fourth-order valence-electron chi connectivity index (χ4n) is 5.23. The third-order valence-electron chi connectivity index (χ3n) is 8.70. The summed E-state index contributed by atoms with van der Waals surface area (Å²) in [7, 11) is 1.55. The molecule has 0 aromatic carbocycles. The van der Waals surface area contributed by atoms with E-state index in [1.54, 1.807) is 31.4 Å². The third-order valence-corrected chi connectivity index (χ3v) is 9.74. The van der Waals surface area contributed by atoms with E-state index in [1.165, 1.54) is 68.2 Å². The van der Waals surface area contributed by atoms with Gasteiger partial charge in [0.1, 0.15) is 10.8 Å². The zero-order chi connectivity index (χ0) is 47.7. The van der Waals surface area contributed by atoms with Crippen LogP contribution in [0.2, 0.25) is 0 Å². The Bertz CT molecular complexity index is 1860. The predicted octanol–water partition coefficient (Wildman–Crippen LogP) is 12.9. The molecular weight excluding hydrogens is 812 g/mol. The molecule has 8 nitrogen and oxygen atoms in total. The number of hydrogen-bond donors (Lipinski definition) is 2. The minimum absolute atomic E-state index is 0.0430. The molecule has 2 N–H and O–H groups in total. The normalized spacial score (nSPS) is 13.5. The van der Waals surface area contributed by atoms with Gasteiger partial charge in [0.05, 0.1) is 18.0 Å². The Hall–Kier alpha value is -5.15. The van der Waals surface area contributed by atoms with Gasteiger partial charge in [-0.3, -0.25) is 9.59 Å². The van der Waals surface area contributed by atoms with Crippen LogP contribution in [0, 0.1) is 24.7 Å². The standard InChI is InChI=1S/C28H40N2OS.C20H26F3NO4.C2H6/c1-7-11-12-13-15-22(5)16-17-24(14-8-2)20-29-27(31)25(9-3)18-19-26(10-4)28-30-23(6)21-32-28;1-6-16(20(21,22)23)10-9-15(4)19(27)24(5)12-14(3)8-11-17(7-2)28-13-18(25)26;1-2/h16-19,21H,7,9-13,15,20H2,1-6H3,(H,29,31);6-11,15H,2,12-13H2,1,3-5H3,(H,25,26);1-2H3/b22-16+,24-17+,25-18+,26-19+;10-9-,14-8+,16-6+,17-11+;. The molecule has 1 aromatic rings. The second-order valence-corrected chi connectivity index (χ2v) is 14.9. The summed E-state index contributed by atoms with van der Waals surface area (Å²) in [6, 6.07) is 0. The van der Waals surface area contributed by atoms with Gasteiger partial charge in [-0.25, -0.2) is 9.78 Å². The van der Waals surface area contributed by atoms with Gasteiger partial charge in [-0.05, 0) is 84.1 Å². The highest BCUT2D eigenvalue weighted by Gasteiger charge is 2.31. The van der Waals surface area contributed by atoms with Gasteiger partial charge in [-0.2, -0.15) is 13.2 Å². The SMILES string of the molecule is C=C/C(=C\C=C(/C)CN(C)C(=O)C(C)/C=C\C(=C/C)C(F)(F)F)OCC(=O)O.CC.CC#C/C(=C\C=C(/C)CCCCCC)CNC(=O)/C(=C/C=C(\CC)c1nc(C)cs1)CC. The molecule has 12 heteroatoms. The van der Waals surface area contributed by atoms with Crippen molar-refractivity contribution in [3.8, 4) is 11.8 Å². The van der Waals surface area contributed by atoms with Crippen LogP contribution in [0.4, 0.5) is 13.2 Å². The molecule has 1 aromatic heterocycles. The maximum atomic E-state index is 12.8. The first-order chi connectivity index (χ1) is 29.4. The average Bonchev–Trinajstić information content (AvgIpc) is 3.67. The topological polar surface area (TPSA) is 109 Å². The smallest absolute Gasteiger partial charge is 0.416 e. The number of ether oxygens (including phenoxy) is 1. The second-order valence-electron chi connectivity index (χ2n) is 14.0. The Labute approximate surface area is 374 Å². The number of unbranched alkanes of at least 4 members (excludes halogenated alkanes) is 3. The largest absolute Gasteiger partial charge is 0.482 e. The maximum Gasteiger partial charge on any atom is 0.416 e. The number of nitrogens with zero attached hydrogens (tertiary/aromatic N) is 2. The number of likely N-dealkylation sites (N-methyl/N-ethyl adjacent to an activating group) is 1. The lowest BCUT2D eigenvalue weighted by atomic mass is 10.1. The van der Waals surface area contributed by atoms with Crippen molar-refractivity contribution in [1.82, 2.24) is 15.2 Å². The number of carbonyl (C=O) groups is 3. The second kappa shape index (κ2) is 34.4. The van der Waals surface area contributed by atoms with E-state index in [2.05, 4.69) is 60.9 Å². The number of hydrogen-bond acceptors (Lipinski definition) is 6. The lowest BCUT2D eigenvalue weighted by Gasteiger charge is -2.20. The molecular formula is C50H72F3N3O5S. The number of nitrogens with one attached hydrogen (secondary N) is 1. The molecule has 0 radical (unpaired) electrons. The van der Waals surface area contributed by atoms with Gasteiger partial charge in [0.2, 0.25) is 11.8 Å². The monoisotopic (exact) mass is 884 g/mol. The summed E-state index contributed by atoms with van der Waals surface area (Å²) in [4.78, 5) is 41.5. The average molecular weight is 884 g/mol. The molecule has 0 spiro atoms. The molecule has 0 bridgehead atoms. The van der Waals surface area contributed by atoms with E-state index >= 15 is 0 Å². The zero-order valence-electron chi connectivity index (χ0n) is 39.2. The number of rotatable bonds is 23. The van der Waals surface area contributed by atoms with Crippen molar-refractivity contribution < 1.29 is 37.4 Å². The Balaban J connectivity index is 0. The van der Waals surface area contributed by atoms with Crippen LogP contribution in [0.15, 0.2) is 106 Å². The number of carbonyl (C=O) groups excluding carboxylic acids is 2. The molecule has 344 valence electrons. The van der Waals surface area contributed by atoms with Gasteiger partial charge in [0.15, 0.2) is 6.61 Å². The van der Waals surface area contributed by atoms with E-state index in [1.807, 2.05) is 52.8 Å². The van der Waals surface area contributed by atoms with Crippen molar-refractivity contribution in [3.63, 3.8) is 0 Å². The van der Waals surface area contributed by atoms with E-state index in [-0.39, 0.29) is 24.1 Å². The van der Waals surface area contributed by atoms with Crippen LogP contribution in [-0.2, 0) is 19.1 Å². The lowest BCUT2D eigenvalue weighted by molar-refractivity contribution is -0.140. The fourth-order valence-corrected chi connectivity index (χ4v) is 6.13. The van der Waals surface area contributed by atoms with E-state index in [4.69, 9.17) is 9.84 Å². The van der Waals surface area contributed by atoms with Crippen LogP contribution in [0.3, 0.4) is 0 Å². The van der Waals surface area contributed by atoms with Crippen LogP contribution >= 0.6 is 11.3 Å². The molecule has 0 saturated carbocycles. The number of thiazole rings is 1. The molecule has 1 rings (SSSR count). The molecule has 0 saturated heterocycles. The summed E-state index contributed by atoms with van der Waals surface area (Å²) in [6.45, 7) is 24.6.